The monoisotopic (exact) mass is 283 g/mol. The fourth-order valence-corrected chi connectivity index (χ4v) is 1.20. The summed E-state index contributed by atoms with van der Waals surface area (Å²) in [6.45, 7) is 3.77. The average molecular weight is 284 g/mol. The van der Waals surface area contributed by atoms with Gasteiger partial charge in [0, 0.05) is 4.92 Å². The first-order chi connectivity index (χ1) is 6.70. The molecule has 0 heterocycles. The molecule has 15 heavy (non-hydrogen) atoms. The molecule has 0 saturated carbocycles. The predicted molar refractivity (Wildman–Crippen MR) is 56.4 cm³/mol. The van der Waals surface area contributed by atoms with Gasteiger partial charge in [-0.3, -0.25) is 10.1 Å². The third kappa shape index (κ3) is 4.13. The van der Waals surface area contributed by atoms with E-state index in [2.05, 4.69) is 15.9 Å². The van der Waals surface area contributed by atoms with Crippen molar-refractivity contribution in [1.29, 1.82) is 0 Å². The molecule has 0 unspecified atom stereocenters. The van der Waals surface area contributed by atoms with Crippen LogP contribution in [0.5, 0.6) is 0 Å². The minimum absolute atomic E-state index is 0.429. The van der Waals surface area contributed by atoms with Crippen LogP contribution in [0.3, 0.4) is 0 Å². The van der Waals surface area contributed by atoms with Crippen LogP contribution < -0.4 is 0 Å². The molecule has 0 amide bonds. The molecule has 0 bridgehead atoms. The number of halogens is 1. The number of rotatable bonds is 5. The Kier molecular flexibility index (Phi) is 5.16. The lowest BCUT2D eigenvalue weighted by Crippen LogP contribution is -2.52. The summed E-state index contributed by atoms with van der Waals surface area (Å²) in [5.41, 5.74) is -2.13. The number of carbonyl (C=O) groups is 1. The Hall–Kier alpha value is -0.690. The quantitative estimate of drug-likeness (QED) is 0.348. The first kappa shape index (κ1) is 14.3. The van der Waals surface area contributed by atoms with E-state index in [1.807, 2.05) is 0 Å². The summed E-state index contributed by atoms with van der Waals surface area (Å²) < 4.78 is 4.75. The van der Waals surface area contributed by atoms with Crippen LogP contribution in [0.2, 0.25) is 0 Å². The summed E-state index contributed by atoms with van der Waals surface area (Å²) in [6, 6.07) is 0. The van der Waals surface area contributed by atoms with E-state index in [4.69, 9.17) is 4.74 Å². The summed E-state index contributed by atoms with van der Waals surface area (Å²) in [5.74, 6) is -0.987. The maximum absolute atomic E-state index is 11.4. The van der Waals surface area contributed by atoms with Gasteiger partial charge < -0.3 is 9.84 Å². The fraction of sp³-hybridized carbons (Fsp3) is 0.875. The summed E-state index contributed by atoms with van der Waals surface area (Å²) >= 11 is 2.96. The van der Waals surface area contributed by atoms with Gasteiger partial charge in [0.15, 0.2) is 0 Å². The van der Waals surface area contributed by atoms with E-state index in [-0.39, 0.29) is 0 Å². The van der Waals surface area contributed by atoms with Gasteiger partial charge in [-0.25, -0.2) is 4.79 Å². The predicted octanol–water partition coefficient (Wildman–Crippen LogP) is 0.729. The van der Waals surface area contributed by atoms with Gasteiger partial charge in [-0.15, -0.1) is 0 Å². The molecule has 0 rings (SSSR count). The first-order valence-electron chi connectivity index (χ1n) is 4.39. The molecule has 0 aromatic heterocycles. The minimum Gasteiger partial charge on any atom is -0.461 e. The molecule has 2 atom stereocenters. The lowest BCUT2D eigenvalue weighted by Gasteiger charge is -2.25. The van der Waals surface area contributed by atoms with Gasteiger partial charge in [0.1, 0.15) is 0 Å². The molecule has 0 aliphatic carbocycles. The highest BCUT2D eigenvalue weighted by Gasteiger charge is 2.47. The molecule has 0 aromatic rings. The maximum Gasteiger partial charge on any atom is 0.346 e. The molecular formula is C8H14BrNO5. The highest BCUT2D eigenvalue weighted by Crippen LogP contribution is 2.21. The van der Waals surface area contributed by atoms with Gasteiger partial charge in [-0.1, -0.05) is 15.9 Å². The Morgan fingerprint density at radius 1 is 1.60 bits per heavy atom. The number of ether oxygens (including phenoxy) is 1. The molecular weight excluding hydrogens is 270 g/mol. The highest BCUT2D eigenvalue weighted by molar-refractivity contribution is 9.09. The van der Waals surface area contributed by atoms with Crippen molar-refractivity contribution in [2.45, 2.75) is 37.3 Å². The molecule has 0 spiro atoms. The van der Waals surface area contributed by atoms with Crippen molar-refractivity contribution in [2.75, 3.05) is 6.54 Å². The number of hydrogen-bond acceptors (Lipinski definition) is 5. The average Bonchev–Trinajstić information content (AvgIpc) is 2.00. The SMILES string of the molecule is CC(C)OC(=O)[C@](O)(C[N+](=O)[O-])[C@@H](C)Br. The topological polar surface area (TPSA) is 89.7 Å². The second kappa shape index (κ2) is 5.41. The Balaban J connectivity index is 4.78. The van der Waals surface area contributed by atoms with Crippen LogP contribution in [-0.2, 0) is 9.53 Å². The summed E-state index contributed by atoms with van der Waals surface area (Å²) in [6.07, 6.45) is -0.429. The van der Waals surface area contributed by atoms with Crippen molar-refractivity contribution in [1.82, 2.24) is 0 Å². The van der Waals surface area contributed by atoms with E-state index in [0.29, 0.717) is 0 Å². The van der Waals surface area contributed by atoms with Crippen molar-refractivity contribution < 1.29 is 19.6 Å². The number of hydrogen-bond donors (Lipinski definition) is 1. The number of nitro groups is 1. The first-order valence-corrected chi connectivity index (χ1v) is 5.31. The number of aliphatic hydroxyl groups is 1. The fourth-order valence-electron chi connectivity index (χ4n) is 0.866. The molecule has 88 valence electrons. The number of nitrogens with zero attached hydrogens (tertiary/aromatic N) is 1. The highest BCUT2D eigenvalue weighted by atomic mass is 79.9. The number of alkyl halides is 1. The summed E-state index contributed by atoms with van der Waals surface area (Å²) in [7, 11) is 0. The van der Waals surface area contributed by atoms with E-state index in [1.165, 1.54) is 6.92 Å². The van der Waals surface area contributed by atoms with Gasteiger partial charge in [0.2, 0.25) is 12.1 Å². The van der Waals surface area contributed by atoms with Crippen molar-refractivity contribution in [3.05, 3.63) is 10.1 Å². The Morgan fingerprint density at radius 2 is 2.07 bits per heavy atom. The van der Waals surface area contributed by atoms with E-state index in [0.717, 1.165) is 0 Å². The number of esters is 1. The van der Waals surface area contributed by atoms with Crippen molar-refractivity contribution in [2.24, 2.45) is 0 Å². The van der Waals surface area contributed by atoms with Crippen molar-refractivity contribution >= 4 is 21.9 Å². The third-order valence-electron chi connectivity index (χ3n) is 1.72. The summed E-state index contributed by atoms with van der Waals surface area (Å²) in [5, 5.41) is 20.1. The van der Waals surface area contributed by atoms with Gasteiger partial charge in [0.05, 0.1) is 10.9 Å². The molecule has 0 aromatic carbocycles. The van der Waals surface area contributed by atoms with Crippen LogP contribution in [0.4, 0.5) is 0 Å². The lowest BCUT2D eigenvalue weighted by molar-refractivity contribution is -0.497. The second-order valence-electron chi connectivity index (χ2n) is 3.49. The van der Waals surface area contributed by atoms with E-state index in [1.54, 1.807) is 13.8 Å². The number of carbonyl (C=O) groups excluding carboxylic acids is 1. The molecule has 0 saturated heterocycles. The minimum atomic E-state index is -2.13. The van der Waals surface area contributed by atoms with Crippen LogP contribution in [0.15, 0.2) is 0 Å². The standard InChI is InChI=1S/C8H14BrNO5/c1-5(2)15-7(11)8(12,6(3)9)4-10(13)14/h5-6,12H,4H2,1-3H3/t6-,8+/m1/s1. The Bertz CT molecular complexity index is 255. The smallest absolute Gasteiger partial charge is 0.346 e. The zero-order valence-corrected chi connectivity index (χ0v) is 10.4. The van der Waals surface area contributed by atoms with Gasteiger partial charge in [0.25, 0.3) is 0 Å². The van der Waals surface area contributed by atoms with Crippen LogP contribution in [0.1, 0.15) is 20.8 Å². The van der Waals surface area contributed by atoms with Gasteiger partial charge >= 0.3 is 5.97 Å². The maximum atomic E-state index is 11.4. The van der Waals surface area contributed by atoms with Crippen LogP contribution >= 0.6 is 15.9 Å². The van der Waals surface area contributed by atoms with Crippen LogP contribution in [0, 0.1) is 10.1 Å². The zero-order valence-electron chi connectivity index (χ0n) is 8.77. The van der Waals surface area contributed by atoms with Crippen molar-refractivity contribution in [3.8, 4) is 0 Å². The molecule has 0 fully saturated rings. The Morgan fingerprint density at radius 3 is 2.33 bits per heavy atom. The largest absolute Gasteiger partial charge is 0.461 e. The van der Waals surface area contributed by atoms with E-state index in [9.17, 15) is 20.0 Å². The van der Waals surface area contributed by atoms with Gasteiger partial charge in [-0.2, -0.15) is 0 Å². The zero-order chi connectivity index (χ0) is 12.2. The van der Waals surface area contributed by atoms with Crippen LogP contribution in [-0.4, -0.2) is 39.1 Å². The normalized spacial score (nSPS) is 16.9. The van der Waals surface area contributed by atoms with Crippen molar-refractivity contribution in [3.63, 3.8) is 0 Å². The molecule has 7 heteroatoms. The molecule has 0 aliphatic heterocycles. The Labute approximate surface area is 95.9 Å². The molecule has 0 radical (unpaired) electrons. The summed E-state index contributed by atoms with van der Waals surface area (Å²) in [4.78, 5) is 20.3. The molecule has 0 aliphatic rings. The second-order valence-corrected chi connectivity index (χ2v) is 4.86. The van der Waals surface area contributed by atoms with Gasteiger partial charge in [-0.05, 0) is 20.8 Å². The molecule has 1 N–H and O–H groups in total. The molecule has 6 nitrogen and oxygen atoms in total. The van der Waals surface area contributed by atoms with E-state index >= 15 is 0 Å². The lowest BCUT2D eigenvalue weighted by atomic mass is 10.0. The van der Waals surface area contributed by atoms with E-state index < -0.39 is 34.0 Å². The van der Waals surface area contributed by atoms with Crippen LogP contribution in [0.25, 0.3) is 0 Å². The third-order valence-corrected chi connectivity index (χ3v) is 2.48.